The van der Waals surface area contributed by atoms with Gasteiger partial charge in [-0.05, 0) is 42.9 Å². The average molecular weight is 202 g/mol. The fourth-order valence-electron chi connectivity index (χ4n) is 2.20. The maximum atomic E-state index is 11.9. The van der Waals surface area contributed by atoms with Crippen LogP contribution >= 0.6 is 0 Å². The summed E-state index contributed by atoms with van der Waals surface area (Å²) in [5.74, 6) is 1.41. The second-order valence-electron chi connectivity index (χ2n) is 4.83. The Morgan fingerprint density at radius 2 is 1.87 bits per heavy atom. The van der Waals surface area contributed by atoms with Crippen LogP contribution in [0.5, 0.6) is 0 Å². The Morgan fingerprint density at radius 3 is 2.33 bits per heavy atom. The van der Waals surface area contributed by atoms with Gasteiger partial charge in [-0.25, -0.2) is 0 Å². The van der Waals surface area contributed by atoms with Crippen LogP contribution in [0.15, 0.2) is 18.2 Å². The first-order valence-corrected chi connectivity index (χ1v) is 5.67. The molecule has 0 heterocycles. The summed E-state index contributed by atoms with van der Waals surface area (Å²) >= 11 is 0. The van der Waals surface area contributed by atoms with Crippen molar-refractivity contribution >= 4 is 5.78 Å². The second-order valence-corrected chi connectivity index (χ2v) is 4.83. The Balaban J connectivity index is 2.13. The molecule has 2 rings (SSSR count). The van der Waals surface area contributed by atoms with E-state index in [1.807, 2.05) is 0 Å². The highest BCUT2D eigenvalue weighted by Gasteiger charge is 2.38. The smallest absolute Gasteiger partial charge is 0.140 e. The highest BCUT2D eigenvalue weighted by atomic mass is 16.1. The number of aryl methyl sites for hydroxylation is 2. The van der Waals surface area contributed by atoms with E-state index < -0.39 is 0 Å². The van der Waals surface area contributed by atoms with E-state index in [0.717, 1.165) is 6.42 Å². The molecule has 0 amide bonds. The number of Topliss-reactive ketones (excluding diaryl/α,β-unsaturated/α-hetero) is 1. The van der Waals surface area contributed by atoms with Crippen LogP contribution in [0.3, 0.4) is 0 Å². The van der Waals surface area contributed by atoms with Crippen LogP contribution in [0.4, 0.5) is 0 Å². The molecule has 1 nitrogen and oxygen atoms in total. The summed E-state index contributed by atoms with van der Waals surface area (Å²) < 4.78 is 0. The third-order valence-corrected chi connectivity index (χ3v) is 3.52. The minimum Gasteiger partial charge on any atom is -0.299 e. The molecule has 0 spiro atoms. The molecule has 15 heavy (non-hydrogen) atoms. The molecular weight excluding hydrogens is 184 g/mol. The van der Waals surface area contributed by atoms with E-state index in [4.69, 9.17) is 0 Å². The van der Waals surface area contributed by atoms with Crippen LogP contribution in [-0.2, 0) is 11.2 Å². The lowest BCUT2D eigenvalue weighted by Gasteiger charge is -2.08. The Hall–Kier alpha value is -1.11. The molecule has 80 valence electrons. The van der Waals surface area contributed by atoms with Gasteiger partial charge in [-0.15, -0.1) is 0 Å². The number of hydrogen-bond acceptors (Lipinski definition) is 1. The molecule has 1 aliphatic carbocycles. The third-order valence-electron chi connectivity index (χ3n) is 3.52. The minimum atomic E-state index is 0.351. The first kappa shape index (κ1) is 10.4. The first-order valence-electron chi connectivity index (χ1n) is 5.67. The van der Waals surface area contributed by atoms with Crippen molar-refractivity contribution in [1.82, 2.24) is 0 Å². The van der Waals surface area contributed by atoms with Gasteiger partial charge in [0.2, 0.25) is 0 Å². The van der Waals surface area contributed by atoms with E-state index in [1.165, 1.54) is 16.7 Å². The molecule has 0 saturated heterocycles. The number of hydrogen-bond donors (Lipinski definition) is 0. The fourth-order valence-corrected chi connectivity index (χ4v) is 2.20. The van der Waals surface area contributed by atoms with Crippen molar-refractivity contribution in [1.29, 1.82) is 0 Å². The topological polar surface area (TPSA) is 17.1 Å². The van der Waals surface area contributed by atoms with Gasteiger partial charge in [0.15, 0.2) is 0 Å². The molecular formula is C14H18O. The van der Waals surface area contributed by atoms with Crippen LogP contribution < -0.4 is 0 Å². The summed E-state index contributed by atoms with van der Waals surface area (Å²) in [5, 5.41) is 0. The van der Waals surface area contributed by atoms with Crippen molar-refractivity contribution in [2.45, 2.75) is 33.6 Å². The first-order chi connectivity index (χ1) is 7.09. The normalized spacial score (nSPS) is 23.9. The SMILES string of the molecule is Cc1cccc(C)c1CC(=O)C1CC1C. The highest BCUT2D eigenvalue weighted by molar-refractivity contribution is 5.86. The average Bonchev–Trinajstić information content (AvgIpc) is 2.89. The maximum absolute atomic E-state index is 11.9. The van der Waals surface area contributed by atoms with Gasteiger partial charge in [-0.3, -0.25) is 4.79 Å². The van der Waals surface area contributed by atoms with E-state index in [1.54, 1.807) is 0 Å². The largest absolute Gasteiger partial charge is 0.299 e. The molecule has 0 bridgehead atoms. The Labute approximate surface area is 91.5 Å². The molecule has 0 N–H and O–H groups in total. The van der Waals surface area contributed by atoms with Gasteiger partial charge in [0, 0.05) is 12.3 Å². The van der Waals surface area contributed by atoms with Crippen LogP contribution in [0.1, 0.15) is 30.0 Å². The van der Waals surface area contributed by atoms with Crippen molar-refractivity contribution in [2.75, 3.05) is 0 Å². The van der Waals surface area contributed by atoms with Gasteiger partial charge in [0.25, 0.3) is 0 Å². The van der Waals surface area contributed by atoms with Gasteiger partial charge < -0.3 is 0 Å². The predicted octanol–water partition coefficient (Wildman–Crippen LogP) is 3.07. The lowest BCUT2D eigenvalue weighted by molar-refractivity contribution is -0.119. The zero-order valence-corrected chi connectivity index (χ0v) is 9.71. The molecule has 1 saturated carbocycles. The summed E-state index contributed by atoms with van der Waals surface area (Å²) in [4.78, 5) is 11.9. The van der Waals surface area contributed by atoms with Crippen LogP contribution in [-0.4, -0.2) is 5.78 Å². The summed E-state index contributed by atoms with van der Waals surface area (Å²) in [5.41, 5.74) is 3.73. The molecule has 1 aliphatic rings. The van der Waals surface area contributed by atoms with Crippen molar-refractivity contribution in [3.63, 3.8) is 0 Å². The summed E-state index contributed by atoms with van der Waals surface area (Å²) in [6.07, 6.45) is 1.73. The van der Waals surface area contributed by atoms with Crippen LogP contribution in [0.2, 0.25) is 0 Å². The van der Waals surface area contributed by atoms with E-state index in [2.05, 4.69) is 39.0 Å². The van der Waals surface area contributed by atoms with Crippen molar-refractivity contribution in [3.8, 4) is 0 Å². The van der Waals surface area contributed by atoms with Crippen LogP contribution in [0.25, 0.3) is 0 Å². The van der Waals surface area contributed by atoms with E-state index in [-0.39, 0.29) is 0 Å². The van der Waals surface area contributed by atoms with Gasteiger partial charge in [-0.1, -0.05) is 25.1 Å². The number of carbonyl (C=O) groups excluding carboxylic acids is 1. The lowest BCUT2D eigenvalue weighted by atomic mass is 9.96. The second kappa shape index (κ2) is 3.80. The predicted molar refractivity (Wildman–Crippen MR) is 61.9 cm³/mol. The summed E-state index contributed by atoms with van der Waals surface area (Å²) in [6, 6.07) is 6.23. The molecule has 2 unspecified atom stereocenters. The third kappa shape index (κ3) is 2.11. The highest BCUT2D eigenvalue weighted by Crippen LogP contribution is 2.39. The zero-order valence-electron chi connectivity index (χ0n) is 9.71. The molecule has 1 heteroatoms. The molecule has 0 aliphatic heterocycles. The quantitative estimate of drug-likeness (QED) is 0.736. The van der Waals surface area contributed by atoms with E-state index in [0.29, 0.717) is 24.0 Å². The maximum Gasteiger partial charge on any atom is 0.140 e. The Kier molecular flexibility index (Phi) is 2.64. The Bertz CT molecular complexity index is 372. The fraction of sp³-hybridized carbons (Fsp3) is 0.500. The zero-order chi connectivity index (χ0) is 11.0. The van der Waals surface area contributed by atoms with E-state index >= 15 is 0 Å². The molecule has 1 aromatic rings. The van der Waals surface area contributed by atoms with Gasteiger partial charge in [0.1, 0.15) is 5.78 Å². The van der Waals surface area contributed by atoms with Gasteiger partial charge in [-0.2, -0.15) is 0 Å². The summed E-state index contributed by atoms with van der Waals surface area (Å²) in [7, 11) is 0. The minimum absolute atomic E-state index is 0.351. The lowest BCUT2D eigenvalue weighted by Crippen LogP contribution is -2.08. The van der Waals surface area contributed by atoms with E-state index in [9.17, 15) is 4.79 Å². The molecule has 1 fully saturated rings. The summed E-state index contributed by atoms with van der Waals surface area (Å²) in [6.45, 7) is 6.34. The van der Waals surface area contributed by atoms with Crippen molar-refractivity contribution in [3.05, 3.63) is 34.9 Å². The number of ketones is 1. The molecule has 0 radical (unpaired) electrons. The molecule has 1 aromatic carbocycles. The Morgan fingerprint density at radius 1 is 1.33 bits per heavy atom. The molecule has 0 aromatic heterocycles. The molecule has 2 atom stereocenters. The monoisotopic (exact) mass is 202 g/mol. The van der Waals surface area contributed by atoms with Crippen molar-refractivity contribution in [2.24, 2.45) is 11.8 Å². The standard InChI is InChI=1S/C14H18O/c1-9-5-4-6-10(2)12(9)8-14(15)13-7-11(13)3/h4-6,11,13H,7-8H2,1-3H3. The van der Waals surface area contributed by atoms with Gasteiger partial charge >= 0.3 is 0 Å². The van der Waals surface area contributed by atoms with Crippen LogP contribution in [0, 0.1) is 25.7 Å². The van der Waals surface area contributed by atoms with Crippen molar-refractivity contribution < 1.29 is 4.79 Å². The number of carbonyl (C=O) groups is 1. The number of benzene rings is 1. The van der Waals surface area contributed by atoms with Gasteiger partial charge in [0.05, 0.1) is 0 Å². The number of rotatable bonds is 3.